The van der Waals surface area contributed by atoms with Crippen molar-refractivity contribution in [1.82, 2.24) is 9.88 Å². The number of aromatic nitrogens is 1. The molecule has 1 aromatic heterocycles. The number of pyridine rings is 1. The van der Waals surface area contributed by atoms with E-state index in [0.717, 1.165) is 36.5 Å². The second-order valence-electron chi connectivity index (χ2n) is 7.86. The van der Waals surface area contributed by atoms with Crippen molar-refractivity contribution in [2.45, 2.75) is 48.9 Å². The van der Waals surface area contributed by atoms with Crippen LogP contribution in [0.25, 0.3) is 0 Å². The minimum atomic E-state index is 0.106. The summed E-state index contributed by atoms with van der Waals surface area (Å²) in [6, 6.07) is 14.0. The number of rotatable bonds is 4. The number of nitrogens with zero attached hydrogens (tertiary/aromatic N) is 4. The van der Waals surface area contributed by atoms with Gasteiger partial charge in [-0.3, -0.25) is 4.79 Å². The molecule has 0 saturated carbocycles. The lowest BCUT2D eigenvalue weighted by Gasteiger charge is -2.37. The van der Waals surface area contributed by atoms with Crippen LogP contribution in [0.1, 0.15) is 48.5 Å². The molecule has 1 amide bonds. The van der Waals surface area contributed by atoms with Crippen molar-refractivity contribution in [3.05, 3.63) is 53.7 Å². The van der Waals surface area contributed by atoms with Gasteiger partial charge >= 0.3 is 0 Å². The first-order valence-electron chi connectivity index (χ1n) is 10.3. The summed E-state index contributed by atoms with van der Waals surface area (Å²) in [5, 5.41) is 10.2. The molecule has 2 atom stereocenters. The molecule has 6 heteroatoms. The maximum atomic E-state index is 13.2. The number of likely N-dealkylation sites (tertiary alicyclic amines) is 1. The average molecular weight is 407 g/mol. The van der Waals surface area contributed by atoms with Gasteiger partial charge in [0.2, 0.25) is 0 Å². The SMILES string of the molecule is C[C@@H]1CC[C@@H](Sc2cc(C#N)ccn2)CN1C(=O)c1ccc(N2CCCC2)cc1. The van der Waals surface area contributed by atoms with E-state index in [9.17, 15) is 4.79 Å². The normalized spacial score (nSPS) is 21.8. The zero-order valence-corrected chi connectivity index (χ0v) is 17.6. The molecule has 150 valence electrons. The Morgan fingerprint density at radius 1 is 1.17 bits per heavy atom. The maximum absolute atomic E-state index is 13.2. The summed E-state index contributed by atoms with van der Waals surface area (Å²) in [5.74, 6) is 0.106. The zero-order valence-electron chi connectivity index (χ0n) is 16.8. The van der Waals surface area contributed by atoms with Gasteiger partial charge in [-0.05, 0) is 69.0 Å². The molecule has 1 aromatic carbocycles. The summed E-state index contributed by atoms with van der Waals surface area (Å²) < 4.78 is 0. The number of carbonyl (C=O) groups excluding carboxylic acids is 1. The standard InChI is InChI=1S/C23H26N4OS/c1-17-4-9-21(29-22-14-18(15-24)10-11-25-22)16-27(17)23(28)19-5-7-20(8-6-19)26-12-2-3-13-26/h5-8,10-11,14,17,21H,2-4,9,12-13,16H2,1H3/t17-,21-/m1/s1. The summed E-state index contributed by atoms with van der Waals surface area (Å²) in [4.78, 5) is 21.9. The Hall–Kier alpha value is -2.52. The topological polar surface area (TPSA) is 60.2 Å². The van der Waals surface area contributed by atoms with Crippen molar-refractivity contribution >= 4 is 23.4 Å². The molecule has 4 rings (SSSR count). The molecule has 0 unspecified atom stereocenters. The predicted octanol–water partition coefficient (Wildman–Crippen LogP) is 4.34. The summed E-state index contributed by atoms with van der Waals surface area (Å²) in [7, 11) is 0. The van der Waals surface area contributed by atoms with Gasteiger partial charge in [0.15, 0.2) is 0 Å². The Balaban J connectivity index is 1.43. The molecule has 0 radical (unpaired) electrons. The quantitative estimate of drug-likeness (QED) is 0.756. The molecule has 2 saturated heterocycles. The van der Waals surface area contributed by atoms with Crippen LogP contribution in [0.5, 0.6) is 0 Å². The lowest BCUT2D eigenvalue weighted by molar-refractivity contribution is 0.0642. The van der Waals surface area contributed by atoms with Crippen LogP contribution in [0, 0.1) is 11.3 Å². The zero-order chi connectivity index (χ0) is 20.2. The Morgan fingerprint density at radius 2 is 1.93 bits per heavy atom. The number of thioether (sulfide) groups is 1. The van der Waals surface area contributed by atoms with Crippen LogP contribution in [0.15, 0.2) is 47.6 Å². The number of carbonyl (C=O) groups is 1. The average Bonchev–Trinajstić information content (AvgIpc) is 3.30. The Kier molecular flexibility index (Phi) is 6.05. The number of benzene rings is 1. The molecule has 5 nitrogen and oxygen atoms in total. The van der Waals surface area contributed by atoms with Gasteiger partial charge < -0.3 is 9.80 Å². The predicted molar refractivity (Wildman–Crippen MR) is 116 cm³/mol. The van der Waals surface area contributed by atoms with Crippen LogP contribution in [0.3, 0.4) is 0 Å². The van der Waals surface area contributed by atoms with E-state index in [2.05, 4.69) is 35.0 Å². The smallest absolute Gasteiger partial charge is 0.254 e. The third kappa shape index (κ3) is 4.56. The molecule has 29 heavy (non-hydrogen) atoms. The largest absolute Gasteiger partial charge is 0.372 e. The van der Waals surface area contributed by atoms with Crippen LogP contribution in [0.2, 0.25) is 0 Å². The maximum Gasteiger partial charge on any atom is 0.254 e. The number of hydrogen-bond acceptors (Lipinski definition) is 5. The van der Waals surface area contributed by atoms with E-state index < -0.39 is 0 Å². The van der Waals surface area contributed by atoms with Crippen molar-refractivity contribution < 1.29 is 4.79 Å². The summed E-state index contributed by atoms with van der Waals surface area (Å²) in [5.41, 5.74) is 2.59. The van der Waals surface area contributed by atoms with Crippen molar-refractivity contribution in [3.8, 4) is 6.07 Å². The van der Waals surface area contributed by atoms with Crippen LogP contribution in [0.4, 0.5) is 5.69 Å². The molecular formula is C23H26N4OS. The van der Waals surface area contributed by atoms with Crippen molar-refractivity contribution in [3.63, 3.8) is 0 Å². The Morgan fingerprint density at radius 3 is 2.66 bits per heavy atom. The molecule has 0 aliphatic carbocycles. The molecule has 0 spiro atoms. The molecule has 0 N–H and O–H groups in total. The fraction of sp³-hybridized carbons (Fsp3) is 0.435. The van der Waals surface area contributed by atoms with Gasteiger partial charge in [-0.1, -0.05) is 0 Å². The first-order chi connectivity index (χ1) is 14.1. The lowest BCUT2D eigenvalue weighted by Crippen LogP contribution is -2.46. The first-order valence-corrected chi connectivity index (χ1v) is 11.2. The van der Waals surface area contributed by atoms with Crippen LogP contribution in [-0.2, 0) is 0 Å². The van der Waals surface area contributed by atoms with E-state index >= 15 is 0 Å². The molecule has 2 aromatic rings. The number of amides is 1. The van der Waals surface area contributed by atoms with Crippen molar-refractivity contribution in [2.75, 3.05) is 24.5 Å². The van der Waals surface area contributed by atoms with Crippen LogP contribution >= 0.6 is 11.8 Å². The van der Waals surface area contributed by atoms with E-state index in [1.807, 2.05) is 23.1 Å². The molecule has 0 bridgehead atoms. The molecule has 3 heterocycles. The molecule has 2 fully saturated rings. The molecule has 2 aliphatic rings. The van der Waals surface area contributed by atoms with E-state index in [0.29, 0.717) is 17.4 Å². The highest BCUT2D eigenvalue weighted by Crippen LogP contribution is 2.32. The number of hydrogen-bond donors (Lipinski definition) is 0. The van der Waals surface area contributed by atoms with E-state index in [4.69, 9.17) is 5.26 Å². The third-order valence-corrected chi connectivity index (χ3v) is 7.02. The van der Waals surface area contributed by atoms with E-state index in [1.54, 1.807) is 24.0 Å². The van der Waals surface area contributed by atoms with Gasteiger partial charge in [0.05, 0.1) is 16.7 Å². The van der Waals surface area contributed by atoms with Crippen molar-refractivity contribution in [1.29, 1.82) is 5.26 Å². The first kappa shape index (κ1) is 19.8. The monoisotopic (exact) mass is 406 g/mol. The molecular weight excluding hydrogens is 380 g/mol. The highest BCUT2D eigenvalue weighted by atomic mass is 32.2. The second kappa shape index (κ2) is 8.87. The van der Waals surface area contributed by atoms with Gasteiger partial charge in [-0.25, -0.2) is 4.98 Å². The van der Waals surface area contributed by atoms with E-state index in [-0.39, 0.29) is 11.9 Å². The number of anilines is 1. The third-order valence-electron chi connectivity index (χ3n) is 5.84. The Bertz CT molecular complexity index is 902. The second-order valence-corrected chi connectivity index (χ2v) is 9.18. The fourth-order valence-corrected chi connectivity index (χ4v) is 5.27. The lowest BCUT2D eigenvalue weighted by atomic mass is 10.0. The molecule has 2 aliphatic heterocycles. The highest BCUT2D eigenvalue weighted by Gasteiger charge is 2.30. The van der Waals surface area contributed by atoms with E-state index in [1.165, 1.54) is 18.5 Å². The van der Waals surface area contributed by atoms with Gasteiger partial charge in [-0.15, -0.1) is 11.8 Å². The van der Waals surface area contributed by atoms with Crippen LogP contribution < -0.4 is 4.90 Å². The highest BCUT2D eigenvalue weighted by molar-refractivity contribution is 7.99. The number of nitriles is 1. The van der Waals surface area contributed by atoms with Gasteiger partial charge in [-0.2, -0.15) is 5.26 Å². The fourth-order valence-electron chi connectivity index (χ4n) is 4.12. The van der Waals surface area contributed by atoms with Crippen LogP contribution in [-0.4, -0.2) is 46.7 Å². The van der Waals surface area contributed by atoms with Gasteiger partial charge in [0, 0.05) is 48.4 Å². The summed E-state index contributed by atoms with van der Waals surface area (Å²) >= 11 is 1.67. The summed E-state index contributed by atoms with van der Waals surface area (Å²) in [6.45, 7) is 5.05. The Labute approximate surface area is 176 Å². The van der Waals surface area contributed by atoms with Gasteiger partial charge in [0.25, 0.3) is 5.91 Å². The minimum Gasteiger partial charge on any atom is -0.372 e. The van der Waals surface area contributed by atoms with Gasteiger partial charge in [0.1, 0.15) is 0 Å². The summed E-state index contributed by atoms with van der Waals surface area (Å²) in [6.07, 6.45) is 6.20. The van der Waals surface area contributed by atoms with Crippen molar-refractivity contribution in [2.24, 2.45) is 0 Å². The number of piperidine rings is 1. The minimum absolute atomic E-state index is 0.106.